The van der Waals surface area contributed by atoms with E-state index in [2.05, 4.69) is 37.2 Å². The molecule has 0 radical (unpaired) electrons. The van der Waals surface area contributed by atoms with E-state index in [1.807, 2.05) is 12.1 Å². The quantitative estimate of drug-likeness (QED) is 0.645. The second kappa shape index (κ2) is 6.58. The SMILES string of the molecule is O=C(NCCCCBr)c1ccc(Br)s1. The average Bonchev–Trinajstić information content (AvgIpc) is 2.59. The van der Waals surface area contributed by atoms with Crippen LogP contribution >= 0.6 is 43.2 Å². The molecule has 0 aliphatic rings. The number of hydrogen-bond donors (Lipinski definition) is 1. The van der Waals surface area contributed by atoms with E-state index in [0.29, 0.717) is 0 Å². The van der Waals surface area contributed by atoms with Crippen LogP contribution in [0, 0.1) is 0 Å². The molecular weight excluding hydrogens is 330 g/mol. The first-order valence-corrected chi connectivity index (χ1v) is 7.06. The summed E-state index contributed by atoms with van der Waals surface area (Å²) in [5, 5.41) is 3.87. The van der Waals surface area contributed by atoms with Gasteiger partial charge in [-0.05, 0) is 40.9 Å². The summed E-state index contributed by atoms with van der Waals surface area (Å²) in [5.74, 6) is 0.0234. The van der Waals surface area contributed by atoms with Crippen molar-refractivity contribution in [1.82, 2.24) is 5.32 Å². The number of amides is 1. The predicted octanol–water partition coefficient (Wildman–Crippen LogP) is 3.42. The van der Waals surface area contributed by atoms with Crippen molar-refractivity contribution in [3.8, 4) is 0 Å². The third kappa shape index (κ3) is 4.11. The first-order valence-electron chi connectivity index (χ1n) is 4.33. The van der Waals surface area contributed by atoms with E-state index < -0.39 is 0 Å². The zero-order chi connectivity index (χ0) is 10.4. The summed E-state index contributed by atoms with van der Waals surface area (Å²) in [6.45, 7) is 0.750. The molecule has 0 atom stereocenters. The van der Waals surface area contributed by atoms with Crippen molar-refractivity contribution in [3.63, 3.8) is 0 Å². The Kier molecular flexibility index (Phi) is 5.74. The van der Waals surface area contributed by atoms with E-state index in [9.17, 15) is 4.79 Å². The summed E-state index contributed by atoms with van der Waals surface area (Å²) in [4.78, 5) is 12.2. The molecule has 0 aliphatic heterocycles. The molecule has 1 amide bonds. The van der Waals surface area contributed by atoms with Gasteiger partial charge in [0.1, 0.15) is 0 Å². The van der Waals surface area contributed by atoms with E-state index in [-0.39, 0.29) is 5.91 Å². The van der Waals surface area contributed by atoms with Gasteiger partial charge in [-0.15, -0.1) is 11.3 Å². The molecule has 0 fully saturated rings. The summed E-state index contributed by atoms with van der Waals surface area (Å²) in [5.41, 5.74) is 0. The molecule has 1 N–H and O–H groups in total. The highest BCUT2D eigenvalue weighted by Crippen LogP contribution is 2.21. The zero-order valence-corrected chi connectivity index (χ0v) is 11.5. The second-order valence-electron chi connectivity index (χ2n) is 2.76. The standard InChI is InChI=1S/C9H11Br2NOS/c10-5-1-2-6-12-9(13)7-3-4-8(11)14-7/h3-4H,1-2,5-6H2,(H,12,13). The van der Waals surface area contributed by atoms with Gasteiger partial charge in [0.15, 0.2) is 0 Å². The molecule has 0 aromatic carbocycles. The number of halogens is 2. The molecule has 1 aromatic rings. The Labute approximate surface area is 104 Å². The first-order chi connectivity index (χ1) is 6.74. The maximum atomic E-state index is 11.5. The second-order valence-corrected chi connectivity index (χ2v) is 6.01. The molecule has 0 unspecified atom stereocenters. The van der Waals surface area contributed by atoms with Crippen LogP contribution in [0.25, 0.3) is 0 Å². The van der Waals surface area contributed by atoms with Crippen molar-refractivity contribution in [2.24, 2.45) is 0 Å². The molecule has 1 aromatic heterocycles. The van der Waals surface area contributed by atoms with Gasteiger partial charge in [0.2, 0.25) is 0 Å². The van der Waals surface area contributed by atoms with Crippen LogP contribution in [0.15, 0.2) is 15.9 Å². The molecule has 78 valence electrons. The van der Waals surface area contributed by atoms with Gasteiger partial charge in [0, 0.05) is 11.9 Å². The Morgan fingerprint density at radius 3 is 2.79 bits per heavy atom. The normalized spacial score (nSPS) is 10.1. The van der Waals surface area contributed by atoms with E-state index in [0.717, 1.165) is 33.4 Å². The summed E-state index contributed by atoms with van der Waals surface area (Å²) < 4.78 is 0.989. The minimum atomic E-state index is 0.0234. The summed E-state index contributed by atoms with van der Waals surface area (Å²) in [6, 6.07) is 3.71. The van der Waals surface area contributed by atoms with Gasteiger partial charge in [0.05, 0.1) is 8.66 Å². The van der Waals surface area contributed by atoms with E-state index in [4.69, 9.17) is 0 Å². The number of alkyl halides is 1. The molecule has 5 heteroatoms. The number of carbonyl (C=O) groups is 1. The lowest BCUT2D eigenvalue weighted by molar-refractivity contribution is 0.0957. The molecule has 0 saturated carbocycles. The molecule has 2 nitrogen and oxygen atoms in total. The Bertz CT molecular complexity index is 301. The highest BCUT2D eigenvalue weighted by Gasteiger charge is 2.06. The largest absolute Gasteiger partial charge is 0.351 e. The van der Waals surface area contributed by atoms with Crippen LogP contribution in [-0.4, -0.2) is 17.8 Å². The van der Waals surface area contributed by atoms with Gasteiger partial charge in [0.25, 0.3) is 5.91 Å². The third-order valence-corrected chi connectivity index (χ3v) is 3.83. The van der Waals surface area contributed by atoms with E-state index in [1.54, 1.807) is 0 Å². The number of nitrogens with one attached hydrogen (secondary N) is 1. The fourth-order valence-corrected chi connectivity index (χ4v) is 2.64. The Hall–Kier alpha value is 0.130. The highest BCUT2D eigenvalue weighted by molar-refractivity contribution is 9.11. The molecule has 1 rings (SSSR count). The topological polar surface area (TPSA) is 29.1 Å². The number of rotatable bonds is 5. The molecule has 14 heavy (non-hydrogen) atoms. The third-order valence-electron chi connectivity index (χ3n) is 1.64. The van der Waals surface area contributed by atoms with Gasteiger partial charge >= 0.3 is 0 Å². The number of thiophene rings is 1. The summed E-state index contributed by atoms with van der Waals surface area (Å²) in [7, 11) is 0. The van der Waals surface area contributed by atoms with Crippen molar-refractivity contribution in [3.05, 3.63) is 20.8 Å². The van der Waals surface area contributed by atoms with E-state index in [1.165, 1.54) is 11.3 Å². The monoisotopic (exact) mass is 339 g/mol. The molecule has 0 saturated heterocycles. The fourth-order valence-electron chi connectivity index (χ4n) is 0.945. The van der Waals surface area contributed by atoms with Gasteiger partial charge in [-0.2, -0.15) is 0 Å². The summed E-state index contributed by atoms with van der Waals surface area (Å²) in [6.07, 6.45) is 2.11. The van der Waals surface area contributed by atoms with Crippen LogP contribution in [0.3, 0.4) is 0 Å². The number of carbonyl (C=O) groups excluding carboxylic acids is 1. The lowest BCUT2D eigenvalue weighted by atomic mass is 10.3. The molecule has 0 bridgehead atoms. The Balaban J connectivity index is 2.29. The average molecular weight is 341 g/mol. The Morgan fingerprint density at radius 2 is 2.21 bits per heavy atom. The fraction of sp³-hybridized carbons (Fsp3) is 0.444. The minimum absolute atomic E-state index is 0.0234. The number of unbranched alkanes of at least 4 members (excludes halogenated alkanes) is 1. The number of hydrogen-bond acceptors (Lipinski definition) is 2. The Morgan fingerprint density at radius 1 is 1.43 bits per heavy atom. The molecular formula is C9H11Br2NOS. The molecule has 0 aliphatic carbocycles. The van der Waals surface area contributed by atoms with Gasteiger partial charge in [-0.1, -0.05) is 15.9 Å². The van der Waals surface area contributed by atoms with Gasteiger partial charge in [-0.25, -0.2) is 0 Å². The van der Waals surface area contributed by atoms with Crippen molar-refractivity contribution < 1.29 is 4.79 Å². The van der Waals surface area contributed by atoms with Gasteiger partial charge in [-0.3, -0.25) is 4.79 Å². The lowest BCUT2D eigenvalue weighted by Crippen LogP contribution is -2.23. The van der Waals surface area contributed by atoms with Gasteiger partial charge < -0.3 is 5.32 Å². The smallest absolute Gasteiger partial charge is 0.261 e. The van der Waals surface area contributed by atoms with Crippen LogP contribution < -0.4 is 5.32 Å². The molecule has 0 spiro atoms. The van der Waals surface area contributed by atoms with Crippen LogP contribution in [0.1, 0.15) is 22.5 Å². The van der Waals surface area contributed by atoms with Crippen LogP contribution in [0.2, 0.25) is 0 Å². The van der Waals surface area contributed by atoms with E-state index >= 15 is 0 Å². The lowest BCUT2D eigenvalue weighted by Gasteiger charge is -2.01. The van der Waals surface area contributed by atoms with Crippen molar-refractivity contribution in [1.29, 1.82) is 0 Å². The van der Waals surface area contributed by atoms with Crippen molar-refractivity contribution in [2.75, 3.05) is 11.9 Å². The minimum Gasteiger partial charge on any atom is -0.351 e. The maximum absolute atomic E-state index is 11.5. The summed E-state index contributed by atoms with van der Waals surface area (Å²) >= 11 is 8.13. The molecule has 1 heterocycles. The van der Waals surface area contributed by atoms with Crippen LogP contribution in [-0.2, 0) is 0 Å². The van der Waals surface area contributed by atoms with Crippen molar-refractivity contribution in [2.45, 2.75) is 12.8 Å². The van der Waals surface area contributed by atoms with Crippen molar-refractivity contribution >= 4 is 49.1 Å². The zero-order valence-electron chi connectivity index (χ0n) is 7.56. The highest BCUT2D eigenvalue weighted by atomic mass is 79.9. The van der Waals surface area contributed by atoms with Crippen LogP contribution in [0.5, 0.6) is 0 Å². The van der Waals surface area contributed by atoms with Crippen LogP contribution in [0.4, 0.5) is 0 Å². The predicted molar refractivity (Wildman–Crippen MR) is 67.4 cm³/mol. The first kappa shape index (κ1) is 12.2. The maximum Gasteiger partial charge on any atom is 0.261 e.